The number of carbonyl (C=O) groups excluding carboxylic acids is 1. The fourth-order valence-electron chi connectivity index (χ4n) is 4.36. The second kappa shape index (κ2) is 9.62. The fraction of sp³-hybridized carbons (Fsp3) is 0.269. The van der Waals surface area contributed by atoms with Gasteiger partial charge in [0, 0.05) is 48.3 Å². The molecule has 0 bridgehead atoms. The highest BCUT2D eigenvalue weighted by molar-refractivity contribution is 6.03. The summed E-state index contributed by atoms with van der Waals surface area (Å²) in [5.74, 6) is 0.228. The van der Waals surface area contributed by atoms with Gasteiger partial charge in [-0.2, -0.15) is 0 Å². The van der Waals surface area contributed by atoms with Gasteiger partial charge in [0.05, 0.1) is 12.0 Å². The van der Waals surface area contributed by atoms with Crippen molar-refractivity contribution in [1.82, 2.24) is 19.6 Å². The number of nitrogens with two attached hydrogens (primary N) is 1. The Balaban J connectivity index is 1.39. The highest BCUT2D eigenvalue weighted by Crippen LogP contribution is 2.24. The normalized spacial score (nSPS) is 16.5. The van der Waals surface area contributed by atoms with Crippen LogP contribution in [0.25, 0.3) is 17.0 Å². The van der Waals surface area contributed by atoms with Crippen LogP contribution in [0.2, 0.25) is 0 Å². The zero-order valence-electron chi connectivity index (χ0n) is 19.1. The van der Waals surface area contributed by atoms with Crippen molar-refractivity contribution in [2.24, 2.45) is 5.73 Å². The average molecular weight is 457 g/mol. The van der Waals surface area contributed by atoms with E-state index >= 15 is 0 Å². The van der Waals surface area contributed by atoms with Gasteiger partial charge in [-0.3, -0.25) is 9.69 Å². The van der Waals surface area contributed by atoms with Crippen molar-refractivity contribution in [3.63, 3.8) is 0 Å². The third kappa shape index (κ3) is 5.08. The molecule has 174 valence electrons. The molecule has 0 saturated carbocycles. The van der Waals surface area contributed by atoms with E-state index in [2.05, 4.69) is 26.4 Å². The van der Waals surface area contributed by atoms with Crippen molar-refractivity contribution in [3.8, 4) is 17.0 Å². The summed E-state index contributed by atoms with van der Waals surface area (Å²) in [6.45, 7) is 4.61. The number of piperidine rings is 1. The molecule has 0 radical (unpaired) electrons. The summed E-state index contributed by atoms with van der Waals surface area (Å²) in [6.07, 6.45) is 5.90. The first-order valence-corrected chi connectivity index (χ1v) is 11.5. The lowest BCUT2D eigenvalue weighted by Gasteiger charge is -2.30. The number of carbonyl (C=O) groups is 1. The summed E-state index contributed by atoms with van der Waals surface area (Å²) in [6, 6.07) is 17.5. The van der Waals surface area contributed by atoms with E-state index in [1.54, 1.807) is 12.4 Å². The predicted octanol–water partition coefficient (Wildman–Crippen LogP) is 4.01. The van der Waals surface area contributed by atoms with Gasteiger partial charge < -0.3 is 20.1 Å². The van der Waals surface area contributed by atoms with Crippen LogP contribution in [0.15, 0.2) is 71.6 Å². The molecule has 0 spiro atoms. The molecule has 34 heavy (non-hydrogen) atoms. The maximum atomic E-state index is 13.0. The summed E-state index contributed by atoms with van der Waals surface area (Å²) >= 11 is 0. The Morgan fingerprint density at radius 1 is 1.21 bits per heavy atom. The van der Waals surface area contributed by atoms with Gasteiger partial charge in [-0.1, -0.05) is 35.5 Å². The molecule has 1 aliphatic rings. The van der Waals surface area contributed by atoms with E-state index in [1.165, 1.54) is 0 Å². The summed E-state index contributed by atoms with van der Waals surface area (Å²) in [5, 5.41) is 6.96. The molecule has 0 aliphatic carbocycles. The summed E-state index contributed by atoms with van der Waals surface area (Å²) in [7, 11) is 0. The van der Waals surface area contributed by atoms with Crippen LogP contribution in [-0.2, 0) is 6.54 Å². The number of anilines is 1. The molecule has 5 rings (SSSR count). The maximum absolute atomic E-state index is 13.0. The molecule has 1 atom stereocenters. The molecule has 1 saturated heterocycles. The van der Waals surface area contributed by atoms with Crippen molar-refractivity contribution >= 4 is 11.6 Å². The molecular formula is C26H28N6O2. The van der Waals surface area contributed by atoms with E-state index < -0.39 is 0 Å². The van der Waals surface area contributed by atoms with Gasteiger partial charge in [0.1, 0.15) is 0 Å². The summed E-state index contributed by atoms with van der Waals surface area (Å²) in [4.78, 5) is 19.7. The minimum Gasteiger partial charge on any atom is -0.355 e. The Kier molecular flexibility index (Phi) is 6.24. The molecule has 1 aliphatic heterocycles. The molecule has 0 unspecified atom stereocenters. The van der Waals surface area contributed by atoms with Crippen molar-refractivity contribution in [2.45, 2.75) is 32.4 Å². The first-order chi connectivity index (χ1) is 16.5. The molecule has 2 aromatic carbocycles. The summed E-state index contributed by atoms with van der Waals surface area (Å²) in [5.41, 5.74) is 10.9. The number of aromatic nitrogens is 3. The van der Waals surface area contributed by atoms with Crippen LogP contribution in [0.1, 0.15) is 34.6 Å². The van der Waals surface area contributed by atoms with Gasteiger partial charge in [0.2, 0.25) is 0 Å². The molecular weight excluding hydrogens is 428 g/mol. The summed E-state index contributed by atoms with van der Waals surface area (Å²) < 4.78 is 7.36. The van der Waals surface area contributed by atoms with E-state index in [0.717, 1.165) is 55.0 Å². The lowest BCUT2D eigenvalue weighted by Crippen LogP contribution is -2.42. The van der Waals surface area contributed by atoms with Crippen LogP contribution in [0.4, 0.5) is 5.69 Å². The van der Waals surface area contributed by atoms with Gasteiger partial charge in [0.25, 0.3) is 5.91 Å². The van der Waals surface area contributed by atoms with Gasteiger partial charge in [-0.05, 0) is 50.1 Å². The van der Waals surface area contributed by atoms with Crippen LogP contribution in [0, 0.1) is 6.92 Å². The Bertz CT molecular complexity index is 1280. The van der Waals surface area contributed by atoms with E-state index in [0.29, 0.717) is 11.4 Å². The highest BCUT2D eigenvalue weighted by atomic mass is 16.5. The van der Waals surface area contributed by atoms with Gasteiger partial charge in [-0.15, -0.1) is 0 Å². The molecule has 4 aromatic rings. The van der Waals surface area contributed by atoms with Gasteiger partial charge in [0.15, 0.2) is 11.5 Å². The number of aryl methyl sites for hydroxylation is 1. The number of hydrogen-bond donors (Lipinski definition) is 2. The first-order valence-electron chi connectivity index (χ1n) is 11.5. The lowest BCUT2D eigenvalue weighted by atomic mass is 10.1. The number of likely N-dealkylation sites (tertiary alicyclic amines) is 1. The largest absolute Gasteiger partial charge is 0.355 e. The molecule has 2 aromatic heterocycles. The zero-order valence-corrected chi connectivity index (χ0v) is 19.1. The first kappa shape index (κ1) is 22.1. The minimum absolute atomic E-state index is 0.207. The number of imidazole rings is 1. The Morgan fingerprint density at radius 3 is 2.82 bits per heavy atom. The van der Waals surface area contributed by atoms with E-state index in [9.17, 15) is 4.79 Å². The van der Waals surface area contributed by atoms with Crippen LogP contribution in [-0.4, -0.2) is 44.6 Å². The topological polar surface area (TPSA) is 102 Å². The molecule has 3 N–H and O–H groups in total. The van der Waals surface area contributed by atoms with Crippen molar-refractivity contribution in [2.75, 3.05) is 18.4 Å². The average Bonchev–Trinajstić information content (AvgIpc) is 3.49. The van der Waals surface area contributed by atoms with Gasteiger partial charge >= 0.3 is 0 Å². The standard InChI is InChI=1S/C26H28N6O2/c1-18-14-32(17-28-18)23-11-19(15-31-9-5-8-21(27)16-31)10-22(12-23)29-26(33)24-13-25(34-30-24)20-6-3-2-4-7-20/h2-4,6-7,10-14,17,21H,5,8-9,15-16,27H2,1H3,(H,29,33)/t21-/m0/s1. The Hall–Kier alpha value is -3.75. The predicted molar refractivity (Wildman–Crippen MR) is 131 cm³/mol. The number of rotatable bonds is 6. The third-order valence-corrected chi connectivity index (χ3v) is 5.99. The van der Waals surface area contributed by atoms with E-state index in [4.69, 9.17) is 10.3 Å². The number of nitrogens with one attached hydrogen (secondary N) is 1. The number of benzene rings is 2. The number of nitrogens with zero attached hydrogens (tertiary/aromatic N) is 4. The molecule has 1 amide bonds. The number of hydrogen-bond acceptors (Lipinski definition) is 6. The molecule has 8 heteroatoms. The SMILES string of the molecule is Cc1cn(-c2cc(CN3CCC[C@H](N)C3)cc(NC(=O)c3cc(-c4ccccc4)on3)c2)cn1. The zero-order chi connectivity index (χ0) is 23.5. The highest BCUT2D eigenvalue weighted by Gasteiger charge is 2.18. The molecule has 8 nitrogen and oxygen atoms in total. The van der Waals surface area contributed by atoms with Crippen LogP contribution in [0.5, 0.6) is 0 Å². The number of amides is 1. The Morgan fingerprint density at radius 2 is 2.06 bits per heavy atom. The second-order valence-corrected chi connectivity index (χ2v) is 8.84. The maximum Gasteiger partial charge on any atom is 0.277 e. The van der Waals surface area contributed by atoms with Gasteiger partial charge in [-0.25, -0.2) is 4.98 Å². The minimum atomic E-state index is -0.323. The monoisotopic (exact) mass is 456 g/mol. The lowest BCUT2D eigenvalue weighted by molar-refractivity contribution is 0.101. The van der Waals surface area contributed by atoms with Crippen LogP contribution < -0.4 is 11.1 Å². The third-order valence-electron chi connectivity index (χ3n) is 5.99. The second-order valence-electron chi connectivity index (χ2n) is 8.84. The molecule has 1 fully saturated rings. The van der Waals surface area contributed by atoms with Crippen molar-refractivity contribution in [1.29, 1.82) is 0 Å². The molecule has 3 heterocycles. The Labute approximate surface area is 198 Å². The van der Waals surface area contributed by atoms with E-state index in [-0.39, 0.29) is 17.6 Å². The van der Waals surface area contributed by atoms with Crippen molar-refractivity contribution in [3.05, 3.63) is 84.1 Å². The van der Waals surface area contributed by atoms with Crippen LogP contribution >= 0.6 is 0 Å². The van der Waals surface area contributed by atoms with Crippen molar-refractivity contribution < 1.29 is 9.32 Å². The smallest absolute Gasteiger partial charge is 0.277 e. The quantitative estimate of drug-likeness (QED) is 0.455. The fourth-order valence-corrected chi connectivity index (χ4v) is 4.36. The van der Waals surface area contributed by atoms with Crippen LogP contribution in [0.3, 0.4) is 0 Å². The van der Waals surface area contributed by atoms with E-state index in [1.807, 2.05) is 60.2 Å².